The average Bonchev–Trinajstić information content (AvgIpc) is 1.80. The SMILES string of the molecule is Cc1ncc(-c2cnccc2C#N)nc1-c1nnc(-c2ccccc2)o1.Cc1ncc(Br)nc1-c1nnc(-c2ccccc2)o1.N#Cc1ccncc1-c1cnc(N)c(-c2nnc(-c3ccccc3)o2)n1.Nc1ncc(Br)nc1-c1nnc(-c2ccccc2)o1.Nc1ncc(Br)nc1C(=O)O. The maximum absolute atomic E-state index is 10.4. The van der Waals surface area contributed by atoms with Crippen LogP contribution in [0.15, 0.2) is 221 Å². The molecule has 0 saturated carbocycles. The number of aromatic nitrogens is 20. The number of hydrogen-bond acceptors (Lipinski definition) is 30. The Kier molecular flexibility index (Phi) is 22.1. The lowest BCUT2D eigenvalue weighted by molar-refractivity contribution is 0.0691. The van der Waals surface area contributed by atoms with Crippen LogP contribution < -0.4 is 17.2 Å². The van der Waals surface area contributed by atoms with Crippen molar-refractivity contribution in [3.8, 4) is 127 Å². The smallest absolute Gasteiger partial charge is 0.358 e. The molecule has 0 aliphatic heterocycles. The highest BCUT2D eigenvalue weighted by Crippen LogP contribution is 2.32. The van der Waals surface area contributed by atoms with E-state index in [9.17, 15) is 15.3 Å². The molecule has 34 heteroatoms. The number of rotatable bonds is 11. The maximum atomic E-state index is 10.4. The molecule has 101 heavy (non-hydrogen) atoms. The Labute approximate surface area is 595 Å². The van der Waals surface area contributed by atoms with Gasteiger partial charge in [0.2, 0.25) is 23.6 Å². The van der Waals surface area contributed by atoms with Gasteiger partial charge in [-0.2, -0.15) is 10.5 Å². The van der Waals surface area contributed by atoms with Gasteiger partial charge in [-0.05, 0) is 122 Å². The minimum atomic E-state index is -1.18. The molecule has 494 valence electrons. The summed E-state index contributed by atoms with van der Waals surface area (Å²) < 4.78 is 24.2. The molecule has 11 heterocycles. The summed E-state index contributed by atoms with van der Waals surface area (Å²) in [5.74, 6) is 1.81. The monoisotopic (exact) mass is 1530 g/mol. The van der Waals surface area contributed by atoms with Gasteiger partial charge < -0.3 is 40.0 Å². The van der Waals surface area contributed by atoms with Crippen molar-refractivity contribution < 1.29 is 27.6 Å². The van der Waals surface area contributed by atoms with E-state index in [1.807, 2.05) is 135 Å². The summed E-state index contributed by atoms with van der Waals surface area (Å²) in [4.78, 5) is 59.9. The van der Waals surface area contributed by atoms with Crippen molar-refractivity contribution in [2.45, 2.75) is 13.8 Å². The summed E-state index contributed by atoms with van der Waals surface area (Å²) in [6.07, 6.45) is 13.8. The number of pyridine rings is 2. The number of aromatic carboxylic acids is 1. The van der Waals surface area contributed by atoms with Gasteiger partial charge in [0.1, 0.15) is 25.2 Å². The fourth-order valence-electron chi connectivity index (χ4n) is 8.62. The van der Waals surface area contributed by atoms with Crippen LogP contribution in [0.2, 0.25) is 0 Å². The maximum Gasteiger partial charge on any atom is 0.358 e. The second-order valence-corrected chi connectivity index (χ2v) is 22.6. The number of anilines is 3. The van der Waals surface area contributed by atoms with Crippen LogP contribution >= 0.6 is 47.8 Å². The van der Waals surface area contributed by atoms with E-state index >= 15 is 0 Å². The number of hydrogen-bond donors (Lipinski definition) is 4. The van der Waals surface area contributed by atoms with Gasteiger partial charge in [0.25, 0.3) is 23.6 Å². The number of nitrogens with zero attached hydrogens (tertiary/aromatic N) is 22. The van der Waals surface area contributed by atoms with Crippen molar-refractivity contribution in [2.24, 2.45) is 0 Å². The summed E-state index contributed by atoms with van der Waals surface area (Å²) in [6.45, 7) is 3.66. The molecular formula is C67H44Br3N25O6. The lowest BCUT2D eigenvalue weighted by Crippen LogP contribution is -2.07. The van der Waals surface area contributed by atoms with E-state index in [0.29, 0.717) is 99.7 Å². The van der Waals surface area contributed by atoms with Gasteiger partial charge in [-0.1, -0.05) is 72.8 Å². The highest BCUT2D eigenvalue weighted by atomic mass is 79.9. The minimum Gasteiger partial charge on any atom is -0.476 e. The average molecular weight is 1530 g/mol. The quantitative estimate of drug-likeness (QED) is 0.0934. The zero-order valence-electron chi connectivity index (χ0n) is 52.1. The zero-order chi connectivity index (χ0) is 70.8. The Hall–Kier alpha value is -13.6. The first kappa shape index (κ1) is 68.8. The number of carbonyl (C=O) groups is 1. The Morgan fingerprint density at radius 1 is 0.386 bits per heavy atom. The predicted octanol–water partition coefficient (Wildman–Crippen LogP) is 12.5. The number of carboxylic acid groups (broad SMARTS) is 1. The Balaban J connectivity index is 0.000000130. The standard InChI is InChI=1S/C19H12N6O.C18H11N7O.C13H9BrN4O.C12H8BrN5O.C5H4BrN3O2/c1-12-17(19-25-24-18(26-19)13-5-3-2-4-6-13)23-16(11-22-12)15-10-21-8-7-14(15)9-20;19-8-12-6-7-21-9-13(12)14-10-22-16(20)15(23-14)18-25-24-17(26-18)11-4-2-1-3-5-11;1-8-11(16-10(14)7-15-8)13-18-17-12(19-13)9-5-3-2-4-6-9;13-8-6-15-10(14)9(16-8)12-18-17-11(19-12)7-4-2-1-3-5-7;6-2-1-8-4(7)3(9-2)5(10)11/h2-8,10-11H,1H3;1-7,9-10H,(H2,20,22);2-7H,1H3;1-6H,(H2,14,15);1H,(H2,7,8)(H,10,11). The van der Waals surface area contributed by atoms with Crippen LogP contribution in [-0.2, 0) is 0 Å². The Morgan fingerprint density at radius 3 is 1.09 bits per heavy atom. The molecule has 0 atom stereocenters. The molecule has 0 aliphatic carbocycles. The van der Waals surface area contributed by atoms with E-state index in [1.54, 1.807) is 43.1 Å². The highest BCUT2D eigenvalue weighted by Gasteiger charge is 2.22. The predicted molar refractivity (Wildman–Crippen MR) is 374 cm³/mol. The first-order chi connectivity index (χ1) is 49.1. The summed E-state index contributed by atoms with van der Waals surface area (Å²) in [5.41, 5.74) is 26.1. The third-order valence-corrected chi connectivity index (χ3v) is 14.6. The normalized spacial score (nSPS) is 10.4. The Bertz CT molecular complexity index is 5160. The topological polar surface area (TPSA) is 473 Å². The van der Waals surface area contributed by atoms with E-state index in [2.05, 4.69) is 161 Å². The Morgan fingerprint density at radius 2 is 0.693 bits per heavy atom. The summed E-state index contributed by atoms with van der Waals surface area (Å²) >= 11 is 9.48. The molecule has 11 aromatic heterocycles. The first-order valence-electron chi connectivity index (χ1n) is 29.1. The molecule has 0 bridgehead atoms. The fraction of sp³-hybridized carbons (Fsp3) is 0.0299. The second-order valence-electron chi connectivity index (χ2n) is 20.1. The largest absolute Gasteiger partial charge is 0.476 e. The molecule has 0 radical (unpaired) electrons. The molecule has 15 aromatic rings. The third kappa shape index (κ3) is 17.2. The van der Waals surface area contributed by atoms with E-state index in [0.717, 1.165) is 27.9 Å². The highest BCUT2D eigenvalue weighted by molar-refractivity contribution is 9.11. The fourth-order valence-corrected chi connectivity index (χ4v) is 9.46. The molecule has 0 fully saturated rings. The molecular weight excluding hydrogens is 1490 g/mol. The van der Waals surface area contributed by atoms with Gasteiger partial charge in [-0.25, -0.2) is 44.7 Å². The molecule has 31 nitrogen and oxygen atoms in total. The van der Waals surface area contributed by atoms with Crippen LogP contribution in [0.3, 0.4) is 0 Å². The van der Waals surface area contributed by atoms with Crippen LogP contribution in [0, 0.1) is 36.5 Å². The molecule has 7 N–H and O–H groups in total. The van der Waals surface area contributed by atoms with Gasteiger partial charge in [-0.15, -0.1) is 40.8 Å². The van der Waals surface area contributed by atoms with Crippen molar-refractivity contribution >= 4 is 71.2 Å². The van der Waals surface area contributed by atoms with Crippen molar-refractivity contribution in [3.05, 3.63) is 231 Å². The van der Waals surface area contributed by atoms with E-state index in [-0.39, 0.29) is 46.5 Å². The van der Waals surface area contributed by atoms with Crippen molar-refractivity contribution in [1.82, 2.24) is 101 Å². The van der Waals surface area contributed by atoms with E-state index in [1.165, 1.54) is 24.8 Å². The number of benzene rings is 4. The van der Waals surface area contributed by atoms with E-state index < -0.39 is 5.97 Å². The molecule has 0 aliphatic rings. The van der Waals surface area contributed by atoms with Crippen molar-refractivity contribution in [1.29, 1.82) is 10.5 Å². The van der Waals surface area contributed by atoms with Gasteiger partial charge in [0.05, 0.1) is 77.0 Å². The number of aryl methyl sites for hydroxylation is 2. The molecule has 0 saturated heterocycles. The van der Waals surface area contributed by atoms with Crippen molar-refractivity contribution in [2.75, 3.05) is 17.2 Å². The van der Waals surface area contributed by atoms with E-state index in [4.69, 9.17) is 40.0 Å². The number of carboxylic acids is 1. The lowest BCUT2D eigenvalue weighted by Gasteiger charge is -2.05. The minimum absolute atomic E-state index is 0.0827. The van der Waals surface area contributed by atoms with Crippen LogP contribution in [-0.4, -0.2) is 112 Å². The third-order valence-electron chi connectivity index (χ3n) is 13.5. The number of halogens is 3. The van der Waals surface area contributed by atoms with Gasteiger partial charge in [-0.3, -0.25) is 19.9 Å². The number of nitrogens with two attached hydrogens (primary N) is 3. The first-order valence-corrected chi connectivity index (χ1v) is 31.5. The van der Waals surface area contributed by atoms with Gasteiger partial charge in [0.15, 0.2) is 34.5 Å². The molecule has 0 unspecified atom stereocenters. The molecule has 0 spiro atoms. The second kappa shape index (κ2) is 32.4. The lowest BCUT2D eigenvalue weighted by atomic mass is 10.1. The molecule has 4 aromatic carbocycles. The molecule has 15 rings (SSSR count). The van der Waals surface area contributed by atoms with Crippen LogP contribution in [0.5, 0.6) is 0 Å². The van der Waals surface area contributed by atoms with Crippen LogP contribution in [0.25, 0.3) is 115 Å². The summed E-state index contributed by atoms with van der Waals surface area (Å²) in [7, 11) is 0. The number of nitriles is 2. The number of nitrogen functional groups attached to an aromatic ring is 3. The molecule has 0 amide bonds. The zero-order valence-corrected chi connectivity index (χ0v) is 56.8. The van der Waals surface area contributed by atoms with Crippen LogP contribution in [0.1, 0.15) is 33.0 Å². The van der Waals surface area contributed by atoms with Crippen LogP contribution in [0.4, 0.5) is 17.5 Å². The van der Waals surface area contributed by atoms with Crippen molar-refractivity contribution in [3.63, 3.8) is 0 Å². The summed E-state index contributed by atoms with van der Waals surface area (Å²) in [5, 5.41) is 59.3. The van der Waals surface area contributed by atoms with Gasteiger partial charge in [0, 0.05) is 58.2 Å². The van der Waals surface area contributed by atoms with Gasteiger partial charge >= 0.3 is 5.97 Å². The summed E-state index contributed by atoms with van der Waals surface area (Å²) in [6, 6.07) is 45.4.